The fourth-order valence-corrected chi connectivity index (χ4v) is 1.32. The molecule has 80 valence electrons. The molecular weight excluding hydrogens is 206 g/mol. The smallest absolute Gasteiger partial charge is 0.395 e. The molecular formula is C9H8F2N2O2. The minimum absolute atomic E-state index is 0.00713. The Morgan fingerprint density at radius 1 is 1.33 bits per heavy atom. The molecule has 0 atom stereocenters. The van der Waals surface area contributed by atoms with Crippen LogP contribution in [-0.2, 0) is 6.42 Å². The van der Waals surface area contributed by atoms with Crippen molar-refractivity contribution in [2.75, 3.05) is 0 Å². The highest BCUT2D eigenvalue weighted by molar-refractivity contribution is 5.79. The zero-order chi connectivity index (χ0) is 11.1. The highest BCUT2D eigenvalue weighted by Gasteiger charge is 2.43. The lowest BCUT2D eigenvalue weighted by molar-refractivity contribution is -0.286. The molecule has 2 rings (SSSR count). The Bertz CT molecular complexity index is 421. The largest absolute Gasteiger partial charge is 0.586 e. The van der Waals surface area contributed by atoms with Gasteiger partial charge in [-0.2, -0.15) is 0 Å². The van der Waals surface area contributed by atoms with Gasteiger partial charge in [0.25, 0.3) is 0 Å². The monoisotopic (exact) mass is 214 g/mol. The third-order valence-corrected chi connectivity index (χ3v) is 1.86. The highest BCUT2D eigenvalue weighted by Crippen LogP contribution is 2.41. The number of rotatable bonds is 2. The summed E-state index contributed by atoms with van der Waals surface area (Å²) < 4.78 is 33.7. The second-order valence-corrected chi connectivity index (χ2v) is 3.15. The summed E-state index contributed by atoms with van der Waals surface area (Å²) in [5.41, 5.74) is 5.81. The summed E-state index contributed by atoms with van der Waals surface area (Å²) in [6.45, 7) is 0. The van der Waals surface area contributed by atoms with Gasteiger partial charge in [-0.05, 0) is 17.7 Å². The van der Waals surface area contributed by atoms with Crippen molar-refractivity contribution in [2.24, 2.45) is 5.73 Å². The van der Waals surface area contributed by atoms with E-state index in [1.807, 2.05) is 0 Å². The van der Waals surface area contributed by atoms with E-state index < -0.39 is 6.29 Å². The van der Waals surface area contributed by atoms with Crippen LogP contribution in [0.4, 0.5) is 8.78 Å². The van der Waals surface area contributed by atoms with E-state index in [2.05, 4.69) is 9.47 Å². The molecule has 0 saturated heterocycles. The predicted octanol–water partition coefficient (Wildman–Crippen LogP) is 1.49. The van der Waals surface area contributed by atoms with E-state index in [9.17, 15) is 8.78 Å². The second kappa shape index (κ2) is 3.08. The van der Waals surface area contributed by atoms with E-state index in [0.29, 0.717) is 5.56 Å². The van der Waals surface area contributed by atoms with Gasteiger partial charge in [0.15, 0.2) is 11.5 Å². The first-order chi connectivity index (χ1) is 6.96. The lowest BCUT2D eigenvalue weighted by Gasteiger charge is -2.04. The molecule has 1 aliphatic rings. The van der Waals surface area contributed by atoms with Crippen molar-refractivity contribution in [2.45, 2.75) is 12.7 Å². The van der Waals surface area contributed by atoms with Crippen LogP contribution < -0.4 is 15.2 Å². The van der Waals surface area contributed by atoms with Gasteiger partial charge < -0.3 is 15.2 Å². The van der Waals surface area contributed by atoms with Crippen LogP contribution in [0, 0.1) is 5.41 Å². The molecule has 4 nitrogen and oxygen atoms in total. The highest BCUT2D eigenvalue weighted by atomic mass is 19.3. The van der Waals surface area contributed by atoms with Gasteiger partial charge in [-0.15, -0.1) is 8.78 Å². The fourth-order valence-electron chi connectivity index (χ4n) is 1.32. The number of benzene rings is 1. The molecule has 6 heteroatoms. The molecule has 0 bridgehead atoms. The number of alkyl halides is 2. The van der Waals surface area contributed by atoms with Gasteiger partial charge in [-0.25, -0.2) is 0 Å². The molecule has 1 aromatic carbocycles. The van der Waals surface area contributed by atoms with Gasteiger partial charge in [-0.3, -0.25) is 5.41 Å². The van der Waals surface area contributed by atoms with Crippen molar-refractivity contribution in [1.29, 1.82) is 5.41 Å². The first-order valence-electron chi connectivity index (χ1n) is 4.18. The first-order valence-corrected chi connectivity index (χ1v) is 4.18. The van der Waals surface area contributed by atoms with Crippen LogP contribution in [0.2, 0.25) is 0 Å². The van der Waals surface area contributed by atoms with Crippen LogP contribution in [0.25, 0.3) is 0 Å². The molecule has 3 N–H and O–H groups in total. The summed E-state index contributed by atoms with van der Waals surface area (Å²) >= 11 is 0. The lowest BCUT2D eigenvalue weighted by Crippen LogP contribution is -2.25. The van der Waals surface area contributed by atoms with E-state index in [-0.39, 0.29) is 23.8 Å². The molecule has 1 aliphatic heterocycles. The van der Waals surface area contributed by atoms with Crippen LogP contribution in [-0.4, -0.2) is 12.1 Å². The van der Waals surface area contributed by atoms with Gasteiger partial charge in [0.2, 0.25) is 0 Å². The standard InChI is InChI=1S/C9H8F2N2O2/c10-9(11)14-6-2-1-5(4-8(12)13)3-7(6)15-9/h1-3H,4H2,(H3,12,13). The third-order valence-electron chi connectivity index (χ3n) is 1.86. The van der Waals surface area contributed by atoms with Crippen molar-refractivity contribution in [3.63, 3.8) is 0 Å². The average molecular weight is 214 g/mol. The summed E-state index contributed by atoms with van der Waals surface area (Å²) in [6.07, 6.45) is -3.40. The third kappa shape index (κ3) is 1.98. The minimum atomic E-state index is -3.60. The van der Waals surface area contributed by atoms with Gasteiger partial charge in [-0.1, -0.05) is 6.07 Å². The zero-order valence-electron chi connectivity index (χ0n) is 7.59. The number of fused-ring (bicyclic) bond motifs is 1. The van der Waals surface area contributed by atoms with E-state index >= 15 is 0 Å². The van der Waals surface area contributed by atoms with Crippen molar-refractivity contribution in [1.82, 2.24) is 0 Å². The second-order valence-electron chi connectivity index (χ2n) is 3.15. The summed E-state index contributed by atoms with van der Waals surface area (Å²) in [7, 11) is 0. The maximum Gasteiger partial charge on any atom is 0.586 e. The van der Waals surface area contributed by atoms with Crippen molar-refractivity contribution < 1.29 is 18.3 Å². The molecule has 1 heterocycles. The number of hydrogen-bond acceptors (Lipinski definition) is 3. The summed E-state index contributed by atoms with van der Waals surface area (Å²) in [5, 5.41) is 7.06. The SMILES string of the molecule is N=C(N)Cc1ccc2c(c1)OC(F)(F)O2. The lowest BCUT2D eigenvalue weighted by atomic mass is 10.1. The minimum Gasteiger partial charge on any atom is -0.395 e. The van der Waals surface area contributed by atoms with E-state index in [1.165, 1.54) is 12.1 Å². The topological polar surface area (TPSA) is 68.3 Å². The molecule has 0 saturated carbocycles. The molecule has 1 aromatic rings. The normalized spacial score (nSPS) is 16.4. The Kier molecular flexibility index (Phi) is 1.99. The Labute approximate surface area is 84.1 Å². The van der Waals surface area contributed by atoms with Gasteiger partial charge in [0, 0.05) is 6.42 Å². The predicted molar refractivity (Wildman–Crippen MR) is 48.3 cm³/mol. The van der Waals surface area contributed by atoms with Gasteiger partial charge in [0.05, 0.1) is 5.84 Å². The first kappa shape index (κ1) is 9.70. The number of halogens is 2. The number of nitrogens with two attached hydrogens (primary N) is 1. The Balaban J connectivity index is 2.26. The van der Waals surface area contributed by atoms with Crippen LogP contribution >= 0.6 is 0 Å². The van der Waals surface area contributed by atoms with Crippen LogP contribution in [0.15, 0.2) is 18.2 Å². The van der Waals surface area contributed by atoms with Gasteiger partial charge in [0.1, 0.15) is 0 Å². The maximum atomic E-state index is 12.6. The van der Waals surface area contributed by atoms with Crippen molar-refractivity contribution in [3.8, 4) is 11.5 Å². The summed E-state index contributed by atoms with van der Waals surface area (Å²) in [5.74, 6) is -0.0772. The quantitative estimate of drug-likeness (QED) is 0.578. The molecule has 0 aliphatic carbocycles. The van der Waals surface area contributed by atoms with Crippen molar-refractivity contribution >= 4 is 5.84 Å². The molecule has 0 fully saturated rings. The molecule has 0 amide bonds. The molecule has 0 spiro atoms. The Hall–Kier alpha value is -1.85. The number of nitrogens with one attached hydrogen (secondary N) is 1. The summed E-state index contributed by atoms with van der Waals surface area (Å²) in [4.78, 5) is 0. The maximum absolute atomic E-state index is 12.6. The Morgan fingerprint density at radius 3 is 2.67 bits per heavy atom. The van der Waals surface area contributed by atoms with Gasteiger partial charge >= 0.3 is 6.29 Å². The van der Waals surface area contributed by atoms with E-state index in [0.717, 1.165) is 0 Å². The van der Waals surface area contributed by atoms with E-state index in [1.54, 1.807) is 6.07 Å². The fraction of sp³-hybridized carbons (Fsp3) is 0.222. The number of ether oxygens (including phenoxy) is 2. The summed E-state index contributed by atoms with van der Waals surface area (Å²) in [6, 6.07) is 4.32. The van der Waals surface area contributed by atoms with E-state index in [4.69, 9.17) is 11.1 Å². The Morgan fingerprint density at radius 2 is 2.00 bits per heavy atom. The molecule has 0 unspecified atom stereocenters. The van der Waals surface area contributed by atoms with Crippen LogP contribution in [0.5, 0.6) is 11.5 Å². The van der Waals surface area contributed by atoms with Crippen molar-refractivity contribution in [3.05, 3.63) is 23.8 Å². The molecule has 0 radical (unpaired) electrons. The van der Waals surface area contributed by atoms with Crippen LogP contribution in [0.1, 0.15) is 5.56 Å². The average Bonchev–Trinajstić information content (AvgIpc) is 2.36. The van der Waals surface area contributed by atoms with Crippen LogP contribution in [0.3, 0.4) is 0 Å². The molecule has 0 aromatic heterocycles. The zero-order valence-corrected chi connectivity index (χ0v) is 7.59. The molecule has 15 heavy (non-hydrogen) atoms. The number of hydrogen-bond donors (Lipinski definition) is 2. The number of amidine groups is 1.